The van der Waals surface area contributed by atoms with Crippen LogP contribution in [0.1, 0.15) is 37.6 Å². The second-order valence-electron chi connectivity index (χ2n) is 4.83. The highest BCUT2D eigenvalue weighted by atomic mass is 16.5. The molecular weight excluding hydrogens is 220 g/mol. The highest BCUT2D eigenvalue weighted by Crippen LogP contribution is 2.16. The molecule has 1 aliphatic heterocycles. The number of rotatable bonds is 3. The van der Waals surface area contributed by atoms with Gasteiger partial charge in [0.15, 0.2) is 0 Å². The molecule has 0 spiro atoms. The van der Waals surface area contributed by atoms with Crippen LogP contribution < -0.4 is 0 Å². The Hall–Kier alpha value is -1.36. The Balaban J connectivity index is 1.93. The summed E-state index contributed by atoms with van der Waals surface area (Å²) in [4.78, 5) is 13.5. The number of amides is 1. The van der Waals surface area contributed by atoms with Crippen LogP contribution in [0.5, 0.6) is 0 Å². The van der Waals surface area contributed by atoms with Gasteiger partial charge in [0.05, 0.1) is 18.2 Å². The monoisotopic (exact) mass is 238 g/mol. The Morgan fingerprint density at radius 3 is 3.00 bits per heavy atom. The molecule has 1 unspecified atom stereocenters. The fourth-order valence-corrected chi connectivity index (χ4v) is 1.91. The van der Waals surface area contributed by atoms with E-state index >= 15 is 0 Å². The number of aliphatic hydroxyl groups excluding tert-OH is 1. The third-order valence-corrected chi connectivity index (χ3v) is 3.01. The first kappa shape index (κ1) is 12.1. The molecule has 2 heterocycles. The summed E-state index contributed by atoms with van der Waals surface area (Å²) in [6, 6.07) is 1.83. The van der Waals surface area contributed by atoms with Gasteiger partial charge >= 0.3 is 0 Å². The van der Waals surface area contributed by atoms with E-state index in [2.05, 4.69) is 5.16 Å². The van der Waals surface area contributed by atoms with E-state index in [-0.39, 0.29) is 18.4 Å². The Labute approximate surface area is 100 Å². The minimum Gasteiger partial charge on any atom is -0.391 e. The molecule has 0 aliphatic carbocycles. The van der Waals surface area contributed by atoms with Gasteiger partial charge in [0.25, 0.3) is 0 Å². The molecule has 5 heteroatoms. The summed E-state index contributed by atoms with van der Waals surface area (Å²) < 4.78 is 5.12. The van der Waals surface area contributed by atoms with Crippen molar-refractivity contribution in [1.29, 1.82) is 0 Å². The van der Waals surface area contributed by atoms with Crippen molar-refractivity contribution >= 4 is 5.91 Å². The molecule has 1 aliphatic rings. The summed E-state index contributed by atoms with van der Waals surface area (Å²) >= 11 is 0. The molecule has 1 aromatic rings. The number of carbonyl (C=O) groups excluding carboxylic acids is 1. The van der Waals surface area contributed by atoms with Crippen LogP contribution in [0.15, 0.2) is 10.6 Å². The molecule has 5 nitrogen and oxygen atoms in total. The van der Waals surface area contributed by atoms with Crippen LogP contribution in [0, 0.1) is 0 Å². The van der Waals surface area contributed by atoms with Crippen molar-refractivity contribution < 1.29 is 14.4 Å². The number of aromatic nitrogens is 1. The average molecular weight is 238 g/mol. The summed E-state index contributed by atoms with van der Waals surface area (Å²) in [5.41, 5.74) is 0.870. The van der Waals surface area contributed by atoms with E-state index in [0.29, 0.717) is 31.2 Å². The molecule has 0 aromatic carbocycles. The summed E-state index contributed by atoms with van der Waals surface area (Å²) in [6.07, 6.45) is 0.520. The van der Waals surface area contributed by atoms with Gasteiger partial charge in [-0.05, 0) is 12.3 Å². The molecule has 0 bridgehead atoms. The Bertz CT molecular complexity index is 400. The highest BCUT2D eigenvalue weighted by molar-refractivity contribution is 5.78. The normalized spacial score (nSPS) is 20.2. The molecule has 1 saturated heterocycles. The van der Waals surface area contributed by atoms with E-state index in [1.807, 2.05) is 19.9 Å². The summed E-state index contributed by atoms with van der Waals surface area (Å²) in [7, 11) is 0. The maximum Gasteiger partial charge on any atom is 0.230 e. The zero-order valence-corrected chi connectivity index (χ0v) is 10.2. The molecule has 1 amide bonds. The fourth-order valence-electron chi connectivity index (χ4n) is 1.91. The van der Waals surface area contributed by atoms with Crippen molar-refractivity contribution in [2.24, 2.45) is 0 Å². The number of hydrogen-bond acceptors (Lipinski definition) is 4. The summed E-state index contributed by atoms with van der Waals surface area (Å²) in [6.45, 7) is 5.12. The molecule has 1 fully saturated rings. The number of nitrogens with zero attached hydrogens (tertiary/aromatic N) is 2. The third kappa shape index (κ3) is 2.85. The van der Waals surface area contributed by atoms with Crippen molar-refractivity contribution in [2.45, 2.75) is 38.7 Å². The van der Waals surface area contributed by atoms with Crippen LogP contribution in [0.4, 0.5) is 0 Å². The maximum atomic E-state index is 11.9. The summed E-state index contributed by atoms with van der Waals surface area (Å²) in [5.74, 6) is 0.893. The van der Waals surface area contributed by atoms with E-state index in [4.69, 9.17) is 4.52 Å². The molecule has 1 aromatic heterocycles. The lowest BCUT2D eigenvalue weighted by Crippen LogP contribution is -2.30. The van der Waals surface area contributed by atoms with Crippen molar-refractivity contribution in [2.75, 3.05) is 13.1 Å². The molecule has 1 atom stereocenters. The number of carbonyl (C=O) groups is 1. The van der Waals surface area contributed by atoms with Crippen LogP contribution in [0.25, 0.3) is 0 Å². The SMILES string of the molecule is CC(C)c1cc(CC(=O)N2CCC(O)C2)on1. The van der Waals surface area contributed by atoms with Gasteiger partial charge in [-0.1, -0.05) is 19.0 Å². The Morgan fingerprint density at radius 2 is 2.47 bits per heavy atom. The van der Waals surface area contributed by atoms with Gasteiger partial charge < -0.3 is 14.5 Å². The van der Waals surface area contributed by atoms with E-state index in [1.165, 1.54) is 0 Å². The maximum absolute atomic E-state index is 11.9. The van der Waals surface area contributed by atoms with E-state index < -0.39 is 0 Å². The Morgan fingerprint density at radius 1 is 1.71 bits per heavy atom. The van der Waals surface area contributed by atoms with Crippen LogP contribution in [0.3, 0.4) is 0 Å². The first-order valence-electron chi connectivity index (χ1n) is 5.97. The molecular formula is C12H18N2O3. The number of β-amino-alcohol motifs (C(OH)–C–C–N with tert-alkyl or cyclic N) is 1. The smallest absolute Gasteiger partial charge is 0.230 e. The number of hydrogen-bond donors (Lipinski definition) is 1. The van der Waals surface area contributed by atoms with Crippen molar-refractivity contribution in [1.82, 2.24) is 10.1 Å². The van der Waals surface area contributed by atoms with Crippen molar-refractivity contribution in [3.8, 4) is 0 Å². The average Bonchev–Trinajstić information content (AvgIpc) is 2.86. The van der Waals surface area contributed by atoms with Crippen molar-refractivity contribution in [3.05, 3.63) is 17.5 Å². The predicted molar refractivity (Wildman–Crippen MR) is 61.5 cm³/mol. The van der Waals surface area contributed by atoms with Gasteiger partial charge in [0.1, 0.15) is 5.76 Å². The van der Waals surface area contributed by atoms with Crippen LogP contribution in [-0.2, 0) is 11.2 Å². The lowest BCUT2D eigenvalue weighted by Gasteiger charge is -2.13. The highest BCUT2D eigenvalue weighted by Gasteiger charge is 2.25. The first-order chi connectivity index (χ1) is 8.06. The quantitative estimate of drug-likeness (QED) is 0.850. The van der Waals surface area contributed by atoms with E-state index in [1.54, 1.807) is 4.90 Å². The summed E-state index contributed by atoms with van der Waals surface area (Å²) in [5, 5.41) is 13.3. The molecule has 1 N–H and O–H groups in total. The molecule has 2 rings (SSSR count). The minimum absolute atomic E-state index is 0.00648. The fraction of sp³-hybridized carbons (Fsp3) is 0.667. The second-order valence-corrected chi connectivity index (χ2v) is 4.83. The van der Waals surface area contributed by atoms with Gasteiger partial charge in [0.2, 0.25) is 5.91 Å². The minimum atomic E-state index is -0.375. The van der Waals surface area contributed by atoms with E-state index in [9.17, 15) is 9.90 Å². The van der Waals surface area contributed by atoms with E-state index in [0.717, 1.165) is 5.69 Å². The zero-order valence-electron chi connectivity index (χ0n) is 10.2. The van der Waals surface area contributed by atoms with Crippen LogP contribution >= 0.6 is 0 Å². The van der Waals surface area contributed by atoms with Gasteiger partial charge in [-0.25, -0.2) is 0 Å². The lowest BCUT2D eigenvalue weighted by atomic mass is 10.1. The van der Waals surface area contributed by atoms with Crippen molar-refractivity contribution in [3.63, 3.8) is 0 Å². The first-order valence-corrected chi connectivity index (χ1v) is 5.97. The molecule has 17 heavy (non-hydrogen) atoms. The predicted octanol–water partition coefficient (Wildman–Crippen LogP) is 0.934. The largest absolute Gasteiger partial charge is 0.391 e. The third-order valence-electron chi connectivity index (χ3n) is 3.01. The second kappa shape index (κ2) is 4.87. The van der Waals surface area contributed by atoms with Gasteiger partial charge in [-0.2, -0.15) is 0 Å². The van der Waals surface area contributed by atoms with Crippen LogP contribution in [-0.4, -0.2) is 40.3 Å². The molecule has 0 saturated carbocycles. The van der Waals surface area contributed by atoms with Gasteiger partial charge in [-0.15, -0.1) is 0 Å². The molecule has 94 valence electrons. The lowest BCUT2D eigenvalue weighted by molar-refractivity contribution is -0.130. The number of aliphatic hydroxyl groups is 1. The van der Waals surface area contributed by atoms with Gasteiger partial charge in [-0.3, -0.25) is 4.79 Å². The van der Waals surface area contributed by atoms with Gasteiger partial charge in [0, 0.05) is 19.2 Å². The topological polar surface area (TPSA) is 66.6 Å². The Kier molecular flexibility index (Phi) is 3.47. The van der Waals surface area contributed by atoms with Crippen LogP contribution in [0.2, 0.25) is 0 Å². The number of likely N-dealkylation sites (tertiary alicyclic amines) is 1. The molecule has 0 radical (unpaired) electrons. The standard InChI is InChI=1S/C12H18N2O3/c1-8(2)11-5-10(17-13-11)6-12(16)14-4-3-9(15)7-14/h5,8-9,15H,3-4,6-7H2,1-2H3. The zero-order chi connectivity index (χ0) is 12.4.